The van der Waals surface area contributed by atoms with Crippen molar-refractivity contribution in [2.75, 3.05) is 20.3 Å². The molecule has 1 aromatic rings. The molecule has 1 aliphatic heterocycles. The average molecular weight is 293 g/mol. The Morgan fingerprint density at radius 1 is 1.33 bits per heavy atom. The number of rotatable bonds is 5. The number of carbonyl (C=O) groups is 1. The molecule has 0 aliphatic carbocycles. The Morgan fingerprint density at radius 2 is 2.10 bits per heavy atom. The maximum atomic E-state index is 11.8. The van der Waals surface area contributed by atoms with Crippen LogP contribution in [0.1, 0.15) is 25.8 Å². The molecule has 5 nitrogen and oxygen atoms in total. The van der Waals surface area contributed by atoms with Crippen LogP contribution in [0.25, 0.3) is 0 Å². The van der Waals surface area contributed by atoms with Crippen molar-refractivity contribution >= 4 is 5.97 Å². The molecule has 116 valence electrons. The highest BCUT2D eigenvalue weighted by Crippen LogP contribution is 2.33. The first kappa shape index (κ1) is 15.6. The molecule has 0 radical (unpaired) electrons. The van der Waals surface area contributed by atoms with Crippen LogP contribution in [0.15, 0.2) is 18.2 Å². The van der Waals surface area contributed by atoms with Gasteiger partial charge in [-0.2, -0.15) is 0 Å². The molecule has 0 aromatic heterocycles. The fourth-order valence-corrected chi connectivity index (χ4v) is 2.33. The second-order valence-electron chi connectivity index (χ2n) is 5.42. The summed E-state index contributed by atoms with van der Waals surface area (Å²) in [6, 6.07) is 5.49. The van der Waals surface area contributed by atoms with Gasteiger partial charge in [-0.3, -0.25) is 10.1 Å². The third-order valence-electron chi connectivity index (χ3n) is 3.49. The first-order valence-corrected chi connectivity index (χ1v) is 7.32. The SMILES string of the molecule is COC(=O)[C@@H](NCc1cccc2c1OCCCO2)C(C)C. The topological polar surface area (TPSA) is 56.8 Å². The van der Waals surface area contributed by atoms with E-state index in [-0.39, 0.29) is 17.9 Å². The predicted octanol–water partition coefficient (Wildman–Crippen LogP) is 2.14. The summed E-state index contributed by atoms with van der Waals surface area (Å²) in [6.45, 7) is 5.82. The standard InChI is InChI=1S/C16H23NO4/c1-11(2)14(16(18)19-3)17-10-12-6-4-7-13-15(12)21-9-5-8-20-13/h4,6-7,11,14,17H,5,8-10H2,1-3H3/t14-/m0/s1. The number of fused-ring (bicyclic) bond motifs is 1. The molecular weight excluding hydrogens is 270 g/mol. The van der Waals surface area contributed by atoms with Crippen LogP contribution in [0.2, 0.25) is 0 Å². The third kappa shape index (κ3) is 3.88. The summed E-state index contributed by atoms with van der Waals surface area (Å²) in [5, 5.41) is 3.25. The summed E-state index contributed by atoms with van der Waals surface area (Å²) in [7, 11) is 1.41. The predicted molar refractivity (Wildman–Crippen MR) is 79.5 cm³/mol. The van der Waals surface area contributed by atoms with E-state index < -0.39 is 0 Å². The van der Waals surface area contributed by atoms with Gasteiger partial charge in [0.2, 0.25) is 0 Å². The number of ether oxygens (including phenoxy) is 3. The molecule has 1 atom stereocenters. The van der Waals surface area contributed by atoms with Crippen LogP contribution in [-0.2, 0) is 16.1 Å². The van der Waals surface area contributed by atoms with Crippen LogP contribution in [0.4, 0.5) is 0 Å². The van der Waals surface area contributed by atoms with Gasteiger partial charge in [0.1, 0.15) is 6.04 Å². The molecule has 1 N–H and O–H groups in total. The molecule has 2 rings (SSSR count). The molecule has 0 bridgehead atoms. The number of hydrogen-bond acceptors (Lipinski definition) is 5. The van der Waals surface area contributed by atoms with Gasteiger partial charge in [-0.05, 0) is 12.0 Å². The Kier molecular flexibility index (Phi) is 5.44. The second kappa shape index (κ2) is 7.31. The Bertz CT molecular complexity index is 487. The minimum absolute atomic E-state index is 0.150. The summed E-state index contributed by atoms with van der Waals surface area (Å²) in [5.74, 6) is 1.45. The van der Waals surface area contributed by atoms with Crippen molar-refractivity contribution in [2.45, 2.75) is 32.9 Å². The van der Waals surface area contributed by atoms with E-state index in [0.717, 1.165) is 23.5 Å². The number of carbonyl (C=O) groups excluding carboxylic acids is 1. The van der Waals surface area contributed by atoms with E-state index in [1.54, 1.807) is 0 Å². The molecule has 0 unspecified atom stereocenters. The highest BCUT2D eigenvalue weighted by atomic mass is 16.5. The van der Waals surface area contributed by atoms with Gasteiger partial charge in [0.25, 0.3) is 0 Å². The Hall–Kier alpha value is -1.75. The first-order valence-electron chi connectivity index (χ1n) is 7.32. The van der Waals surface area contributed by atoms with Gasteiger partial charge in [0.05, 0.1) is 20.3 Å². The highest BCUT2D eigenvalue weighted by molar-refractivity contribution is 5.75. The first-order chi connectivity index (χ1) is 10.1. The lowest BCUT2D eigenvalue weighted by atomic mass is 10.0. The zero-order valence-corrected chi connectivity index (χ0v) is 12.8. The van der Waals surface area contributed by atoms with Gasteiger partial charge in [-0.25, -0.2) is 0 Å². The van der Waals surface area contributed by atoms with Crippen LogP contribution in [0, 0.1) is 5.92 Å². The van der Waals surface area contributed by atoms with Gasteiger partial charge in [0, 0.05) is 18.5 Å². The fraction of sp³-hybridized carbons (Fsp3) is 0.562. The minimum Gasteiger partial charge on any atom is -0.490 e. The monoisotopic (exact) mass is 293 g/mol. The lowest BCUT2D eigenvalue weighted by molar-refractivity contribution is -0.144. The van der Waals surface area contributed by atoms with Crippen molar-refractivity contribution in [3.05, 3.63) is 23.8 Å². The molecule has 1 aliphatic rings. The van der Waals surface area contributed by atoms with Crippen LogP contribution in [-0.4, -0.2) is 32.3 Å². The van der Waals surface area contributed by atoms with Crippen LogP contribution >= 0.6 is 0 Å². The van der Waals surface area contributed by atoms with Gasteiger partial charge < -0.3 is 14.2 Å². The number of esters is 1. The van der Waals surface area contributed by atoms with Gasteiger partial charge in [-0.1, -0.05) is 26.0 Å². The summed E-state index contributed by atoms with van der Waals surface area (Å²) in [5.41, 5.74) is 0.990. The molecule has 21 heavy (non-hydrogen) atoms. The quantitative estimate of drug-likeness (QED) is 0.843. The van der Waals surface area contributed by atoms with Gasteiger partial charge in [-0.15, -0.1) is 0 Å². The molecule has 0 fully saturated rings. The smallest absolute Gasteiger partial charge is 0.323 e. The number of methoxy groups -OCH3 is 1. The number of benzene rings is 1. The largest absolute Gasteiger partial charge is 0.490 e. The van der Waals surface area contributed by atoms with Crippen LogP contribution in [0.3, 0.4) is 0 Å². The van der Waals surface area contributed by atoms with E-state index in [1.807, 2.05) is 32.0 Å². The summed E-state index contributed by atoms with van der Waals surface area (Å²) < 4.78 is 16.3. The van der Waals surface area contributed by atoms with Crippen molar-refractivity contribution in [3.8, 4) is 11.5 Å². The van der Waals surface area contributed by atoms with E-state index in [0.29, 0.717) is 19.8 Å². The molecular formula is C16H23NO4. The Morgan fingerprint density at radius 3 is 2.81 bits per heavy atom. The molecule has 1 aromatic carbocycles. The minimum atomic E-state index is -0.336. The molecule has 5 heteroatoms. The molecule has 0 spiro atoms. The normalized spacial score (nSPS) is 15.4. The molecule has 0 saturated heterocycles. The van der Waals surface area contributed by atoms with Crippen molar-refractivity contribution in [3.63, 3.8) is 0 Å². The highest BCUT2D eigenvalue weighted by Gasteiger charge is 2.23. The summed E-state index contributed by atoms with van der Waals surface area (Å²) >= 11 is 0. The van der Waals surface area contributed by atoms with E-state index in [2.05, 4.69) is 5.32 Å². The molecule has 1 heterocycles. The maximum absolute atomic E-state index is 11.8. The molecule has 0 saturated carbocycles. The van der Waals surface area contributed by atoms with E-state index in [1.165, 1.54) is 7.11 Å². The van der Waals surface area contributed by atoms with Crippen LogP contribution in [0.5, 0.6) is 11.5 Å². The zero-order valence-electron chi connectivity index (χ0n) is 12.8. The average Bonchev–Trinajstić information content (AvgIpc) is 2.72. The lowest BCUT2D eigenvalue weighted by Gasteiger charge is -2.21. The number of para-hydroxylation sites is 1. The Balaban J connectivity index is 2.11. The van der Waals surface area contributed by atoms with Gasteiger partial charge in [0.15, 0.2) is 11.5 Å². The zero-order chi connectivity index (χ0) is 15.2. The van der Waals surface area contributed by atoms with Crippen molar-refractivity contribution in [1.29, 1.82) is 0 Å². The van der Waals surface area contributed by atoms with Crippen LogP contribution < -0.4 is 14.8 Å². The molecule has 0 amide bonds. The maximum Gasteiger partial charge on any atom is 0.323 e. The van der Waals surface area contributed by atoms with Crippen molar-refractivity contribution in [1.82, 2.24) is 5.32 Å². The fourth-order valence-electron chi connectivity index (χ4n) is 2.33. The second-order valence-corrected chi connectivity index (χ2v) is 5.42. The van der Waals surface area contributed by atoms with E-state index in [9.17, 15) is 4.79 Å². The number of nitrogens with one attached hydrogen (secondary N) is 1. The van der Waals surface area contributed by atoms with E-state index >= 15 is 0 Å². The summed E-state index contributed by atoms with van der Waals surface area (Å²) in [6.07, 6.45) is 0.873. The summed E-state index contributed by atoms with van der Waals surface area (Å²) in [4.78, 5) is 11.8. The van der Waals surface area contributed by atoms with E-state index in [4.69, 9.17) is 14.2 Å². The van der Waals surface area contributed by atoms with Gasteiger partial charge >= 0.3 is 5.97 Å². The third-order valence-corrected chi connectivity index (χ3v) is 3.49. The van der Waals surface area contributed by atoms with Crippen molar-refractivity contribution < 1.29 is 19.0 Å². The number of hydrogen-bond donors (Lipinski definition) is 1. The Labute approximate surface area is 125 Å². The lowest BCUT2D eigenvalue weighted by Crippen LogP contribution is -2.41. The van der Waals surface area contributed by atoms with Crippen molar-refractivity contribution in [2.24, 2.45) is 5.92 Å².